The molecule has 0 saturated heterocycles. The lowest BCUT2D eigenvalue weighted by Gasteiger charge is -2.17. The van der Waals surface area contributed by atoms with Crippen molar-refractivity contribution in [3.8, 4) is 17.2 Å². The van der Waals surface area contributed by atoms with Gasteiger partial charge in [0.05, 0.1) is 33.1 Å². The minimum atomic E-state index is 0.157. The Kier molecular flexibility index (Phi) is 7.54. The Morgan fingerprint density at radius 1 is 1.06 bits per heavy atom. The monoisotopic (exact) mass is 435 g/mol. The Labute approximate surface area is 188 Å². The zero-order valence-corrected chi connectivity index (χ0v) is 19.0. The Balaban J connectivity index is 0.000000195. The smallest absolute Gasteiger partial charge is 0.211 e. The molecule has 4 rings (SSSR count). The lowest BCUT2D eigenvalue weighted by Crippen LogP contribution is -2.24. The number of carbonyl (C=O) groups excluding carboxylic acids is 1. The minimum absolute atomic E-state index is 0.157. The summed E-state index contributed by atoms with van der Waals surface area (Å²) in [6.45, 7) is 4.13. The van der Waals surface area contributed by atoms with E-state index in [1.54, 1.807) is 21.3 Å². The average molecular weight is 436 g/mol. The van der Waals surface area contributed by atoms with Gasteiger partial charge in [-0.3, -0.25) is 9.79 Å². The van der Waals surface area contributed by atoms with E-state index in [1.807, 2.05) is 43.3 Å². The van der Waals surface area contributed by atoms with Crippen LogP contribution in [0.5, 0.6) is 17.2 Å². The van der Waals surface area contributed by atoms with Crippen molar-refractivity contribution in [2.24, 2.45) is 10.9 Å². The van der Waals surface area contributed by atoms with Crippen LogP contribution in [0.1, 0.15) is 18.1 Å². The normalized spacial score (nSPS) is 18.2. The van der Waals surface area contributed by atoms with E-state index in [1.165, 1.54) is 0 Å². The number of allylic oxidation sites excluding steroid dienone is 2. The third kappa shape index (κ3) is 4.94. The molecule has 2 aromatic carbocycles. The fourth-order valence-electron chi connectivity index (χ4n) is 3.66. The number of amidine groups is 1. The predicted octanol–water partition coefficient (Wildman–Crippen LogP) is 4.08. The maximum absolute atomic E-state index is 10.7. The van der Waals surface area contributed by atoms with Crippen molar-refractivity contribution in [2.45, 2.75) is 19.9 Å². The zero-order chi connectivity index (χ0) is 23.1. The summed E-state index contributed by atoms with van der Waals surface area (Å²) in [5, 5.41) is 6.05. The third-order valence-corrected chi connectivity index (χ3v) is 5.24. The van der Waals surface area contributed by atoms with Crippen LogP contribution in [0.2, 0.25) is 0 Å². The number of fused-ring (bicyclic) bond motifs is 1. The molecule has 2 aliphatic rings. The molecule has 1 aliphatic carbocycles. The van der Waals surface area contributed by atoms with Gasteiger partial charge in [-0.05, 0) is 42.8 Å². The van der Waals surface area contributed by atoms with E-state index in [0.29, 0.717) is 29.6 Å². The highest BCUT2D eigenvalue weighted by Crippen LogP contribution is 2.37. The zero-order valence-electron chi connectivity index (χ0n) is 19.0. The van der Waals surface area contributed by atoms with Crippen molar-refractivity contribution in [1.29, 1.82) is 0 Å². The van der Waals surface area contributed by atoms with Crippen LogP contribution in [0.3, 0.4) is 0 Å². The topological polar surface area (TPSA) is 81.2 Å². The average Bonchev–Trinajstić information content (AvgIpc) is 3.25. The van der Waals surface area contributed by atoms with E-state index in [4.69, 9.17) is 19.2 Å². The molecule has 2 unspecified atom stereocenters. The van der Waals surface area contributed by atoms with Crippen molar-refractivity contribution >= 4 is 17.9 Å². The number of benzene rings is 2. The van der Waals surface area contributed by atoms with E-state index in [-0.39, 0.29) is 6.04 Å². The van der Waals surface area contributed by atoms with Gasteiger partial charge in [-0.15, -0.1) is 0 Å². The van der Waals surface area contributed by atoms with Gasteiger partial charge in [-0.2, -0.15) is 0 Å². The highest BCUT2D eigenvalue weighted by Gasteiger charge is 2.29. The summed E-state index contributed by atoms with van der Waals surface area (Å²) in [6.07, 6.45) is 6.94. The summed E-state index contributed by atoms with van der Waals surface area (Å²) in [5.74, 6) is 3.22. The minimum Gasteiger partial charge on any atom is -0.493 e. The van der Waals surface area contributed by atoms with Crippen LogP contribution in [0.15, 0.2) is 65.3 Å². The summed E-state index contributed by atoms with van der Waals surface area (Å²) in [7, 11) is 4.81. The molecule has 7 nitrogen and oxygen atoms in total. The summed E-state index contributed by atoms with van der Waals surface area (Å²) >= 11 is 0. The lowest BCUT2D eigenvalue weighted by atomic mass is 9.95. The molecule has 0 bridgehead atoms. The number of ether oxygens (including phenoxy) is 3. The van der Waals surface area contributed by atoms with E-state index in [9.17, 15) is 4.79 Å². The second-order valence-electron chi connectivity index (χ2n) is 7.42. The van der Waals surface area contributed by atoms with E-state index in [2.05, 4.69) is 35.8 Å². The van der Waals surface area contributed by atoms with Gasteiger partial charge in [0.1, 0.15) is 5.84 Å². The van der Waals surface area contributed by atoms with Crippen LogP contribution < -0.4 is 24.8 Å². The van der Waals surface area contributed by atoms with Crippen LogP contribution in [0, 0.1) is 12.8 Å². The second kappa shape index (κ2) is 10.5. The van der Waals surface area contributed by atoms with E-state index in [0.717, 1.165) is 28.3 Å². The van der Waals surface area contributed by atoms with Crippen molar-refractivity contribution in [2.75, 3.05) is 26.6 Å². The molecule has 0 fully saturated rings. The van der Waals surface area contributed by atoms with Gasteiger partial charge < -0.3 is 24.8 Å². The Morgan fingerprint density at radius 2 is 1.75 bits per heavy atom. The molecule has 1 heterocycles. The number of rotatable bonds is 6. The van der Waals surface area contributed by atoms with E-state index < -0.39 is 0 Å². The second-order valence-corrected chi connectivity index (χ2v) is 7.42. The molecule has 0 saturated carbocycles. The number of hydrogen-bond donors (Lipinski definition) is 2. The number of nitrogens with zero attached hydrogens (tertiary/aromatic N) is 1. The molecule has 168 valence electrons. The summed E-state index contributed by atoms with van der Waals surface area (Å²) in [5.41, 5.74) is 3.88. The fraction of sp³-hybridized carbons (Fsp3) is 0.280. The summed E-state index contributed by atoms with van der Waals surface area (Å²) < 4.78 is 15.5. The van der Waals surface area contributed by atoms with E-state index >= 15 is 0 Å². The first-order valence-electron chi connectivity index (χ1n) is 10.3. The number of nitrogens with one attached hydrogen (secondary N) is 2. The number of aryl methyl sites for hydroxylation is 1. The number of anilines is 1. The quantitative estimate of drug-likeness (QED) is 0.668. The number of methoxy groups -OCH3 is 3. The van der Waals surface area contributed by atoms with Crippen LogP contribution in [-0.2, 0) is 4.79 Å². The first-order valence-corrected chi connectivity index (χ1v) is 10.3. The van der Waals surface area contributed by atoms with Gasteiger partial charge in [0.2, 0.25) is 12.2 Å². The number of carbonyl (C=O) groups is 1. The van der Waals surface area contributed by atoms with Gasteiger partial charge in [0.15, 0.2) is 11.5 Å². The highest BCUT2D eigenvalue weighted by atomic mass is 16.5. The summed E-state index contributed by atoms with van der Waals surface area (Å²) in [6, 6.07) is 11.6. The highest BCUT2D eigenvalue weighted by molar-refractivity contribution is 6.07. The molecule has 0 aromatic heterocycles. The van der Waals surface area contributed by atoms with Crippen molar-refractivity contribution in [1.82, 2.24) is 5.32 Å². The number of aliphatic imine (C=N–C) groups is 1. The molecule has 2 aromatic rings. The first-order chi connectivity index (χ1) is 15.5. The molecule has 32 heavy (non-hydrogen) atoms. The van der Waals surface area contributed by atoms with Crippen molar-refractivity contribution < 1.29 is 19.0 Å². The molecule has 7 heteroatoms. The maximum atomic E-state index is 10.7. The van der Waals surface area contributed by atoms with Crippen LogP contribution >= 0.6 is 0 Å². The van der Waals surface area contributed by atoms with Gasteiger partial charge >= 0.3 is 0 Å². The van der Waals surface area contributed by atoms with Gasteiger partial charge in [0.25, 0.3) is 0 Å². The molecule has 0 radical (unpaired) electrons. The molecule has 1 amide bonds. The molecule has 2 atom stereocenters. The van der Waals surface area contributed by atoms with Crippen LogP contribution in [0.25, 0.3) is 0 Å². The van der Waals surface area contributed by atoms with Crippen molar-refractivity contribution in [3.63, 3.8) is 0 Å². The lowest BCUT2D eigenvalue weighted by molar-refractivity contribution is -0.105. The Hall–Kier alpha value is -3.74. The van der Waals surface area contributed by atoms with Crippen LogP contribution in [0.4, 0.5) is 5.69 Å². The van der Waals surface area contributed by atoms with Gasteiger partial charge in [-0.25, -0.2) is 0 Å². The van der Waals surface area contributed by atoms with Crippen molar-refractivity contribution in [3.05, 3.63) is 71.5 Å². The summed E-state index contributed by atoms with van der Waals surface area (Å²) in [4.78, 5) is 15.4. The number of hydrogen-bond acceptors (Lipinski definition) is 6. The Bertz CT molecular complexity index is 1030. The first kappa shape index (κ1) is 22.9. The molecular weight excluding hydrogens is 406 g/mol. The number of amides is 1. The third-order valence-electron chi connectivity index (χ3n) is 5.24. The molecule has 0 spiro atoms. The Morgan fingerprint density at radius 3 is 2.34 bits per heavy atom. The maximum Gasteiger partial charge on any atom is 0.211 e. The molecule has 2 N–H and O–H groups in total. The van der Waals surface area contributed by atoms with Crippen LogP contribution in [-0.4, -0.2) is 39.6 Å². The SMILES string of the molecule is CC1C=CC=C2NC(c3ccccc3NC=O)=NC21.COc1cc(C)cc(OC)c1OC. The predicted molar refractivity (Wildman–Crippen MR) is 127 cm³/mol. The fourth-order valence-corrected chi connectivity index (χ4v) is 3.66. The van der Waals surface area contributed by atoms with Gasteiger partial charge in [0, 0.05) is 17.2 Å². The largest absolute Gasteiger partial charge is 0.493 e. The van der Waals surface area contributed by atoms with Gasteiger partial charge in [-0.1, -0.05) is 31.2 Å². The standard InChI is InChI=1S/C15H15N3O.C10H14O3/c1-10-5-4-8-13-14(10)18-15(17-13)11-6-2-3-7-12(11)16-9-19;1-7-5-8(11-2)10(13-4)9(6-7)12-3/h2-10,14H,1H3,(H,16,19)(H,17,18);5-6H,1-4H3. The molecular formula is C25H29N3O4. The number of para-hydroxylation sites is 1. The molecule has 1 aliphatic heterocycles.